The molecule has 3 aliphatic heterocycles. The molecule has 1 aromatic heterocycles. The molecule has 2 fully saturated rings. The molecule has 15 nitrogen and oxygen atoms in total. The van der Waals surface area contributed by atoms with Gasteiger partial charge in [-0.05, 0) is 5.57 Å². The first-order valence-electron chi connectivity index (χ1n) is 9.72. The highest BCUT2D eigenvalue weighted by Gasteiger charge is 2.54. The van der Waals surface area contributed by atoms with Crippen LogP contribution in [0.3, 0.4) is 0 Å². The lowest BCUT2D eigenvalue weighted by molar-refractivity contribution is -0.150. The Morgan fingerprint density at radius 1 is 1.37 bits per heavy atom. The molecule has 4 heterocycles. The third kappa shape index (κ3) is 4.64. The van der Waals surface area contributed by atoms with Gasteiger partial charge in [0.05, 0.1) is 0 Å². The minimum absolute atomic E-state index is 0.0359. The zero-order valence-electron chi connectivity index (χ0n) is 17.8. The minimum atomic E-state index is -1.31. The van der Waals surface area contributed by atoms with Gasteiger partial charge in [0.15, 0.2) is 10.8 Å². The third-order valence-electron chi connectivity index (χ3n) is 5.12. The number of carbonyl (C=O) groups excluding carboxylic acids is 4. The van der Waals surface area contributed by atoms with E-state index in [9.17, 15) is 34.3 Å². The first-order valence-corrected chi connectivity index (χ1v) is 12.7. The van der Waals surface area contributed by atoms with Crippen molar-refractivity contribution >= 4 is 75.3 Å². The number of aromatic nitrogens is 1. The molecule has 0 bridgehead atoms. The van der Waals surface area contributed by atoms with Crippen LogP contribution in [0, 0.1) is 0 Å². The zero-order chi connectivity index (χ0) is 25.4. The van der Waals surface area contributed by atoms with Gasteiger partial charge in [0.1, 0.15) is 28.3 Å². The average molecular weight is 543 g/mol. The molecule has 0 spiro atoms. The van der Waals surface area contributed by atoms with Gasteiger partial charge in [-0.3, -0.25) is 29.5 Å². The van der Waals surface area contributed by atoms with Crippen molar-refractivity contribution in [2.45, 2.75) is 16.9 Å². The number of fused-ring (bicyclic) bond motifs is 1. The van der Waals surface area contributed by atoms with Gasteiger partial charge in [-0.1, -0.05) is 5.16 Å². The van der Waals surface area contributed by atoms with Crippen molar-refractivity contribution in [3.63, 3.8) is 0 Å². The molecule has 186 valence electrons. The molecule has 1 unspecified atom stereocenters. The Bertz CT molecular complexity index is 1180. The predicted octanol–water partition coefficient (Wildman–Crippen LogP) is -2.25. The molecule has 4 amide bonds. The second kappa shape index (κ2) is 9.72. The van der Waals surface area contributed by atoms with Gasteiger partial charge in [0, 0.05) is 23.9 Å². The van der Waals surface area contributed by atoms with Crippen LogP contribution in [0.25, 0.3) is 0 Å². The summed E-state index contributed by atoms with van der Waals surface area (Å²) in [6, 6.07) is -1.04. The number of nitrogen functional groups attached to an aromatic ring is 1. The number of thiazole rings is 1. The fourth-order valence-corrected chi connectivity index (χ4v) is 6.58. The lowest BCUT2D eigenvalue weighted by Gasteiger charge is -2.49. The van der Waals surface area contributed by atoms with Crippen LogP contribution in [0.5, 0.6) is 0 Å². The van der Waals surface area contributed by atoms with Crippen molar-refractivity contribution in [2.75, 3.05) is 24.3 Å². The van der Waals surface area contributed by atoms with Gasteiger partial charge in [-0.2, -0.15) is 5.01 Å². The summed E-state index contributed by atoms with van der Waals surface area (Å²) < 4.78 is 0. The number of anilines is 1. The highest BCUT2D eigenvalue weighted by Crippen LogP contribution is 2.41. The smallest absolute Gasteiger partial charge is 0.352 e. The summed E-state index contributed by atoms with van der Waals surface area (Å²) in [4.78, 5) is 65.4. The van der Waals surface area contributed by atoms with Crippen molar-refractivity contribution in [1.29, 1.82) is 0 Å². The topological polar surface area (TPSA) is 220 Å². The molecule has 4 rings (SSSR count). The second-order valence-electron chi connectivity index (χ2n) is 7.33. The molecule has 0 aliphatic carbocycles. The summed E-state index contributed by atoms with van der Waals surface area (Å²) in [6.07, 6.45) is 0. The monoisotopic (exact) mass is 542 g/mol. The van der Waals surface area contributed by atoms with E-state index in [2.05, 4.69) is 26.2 Å². The van der Waals surface area contributed by atoms with Gasteiger partial charge >= 0.3 is 17.8 Å². The number of β-lactam (4-membered cyclic amide) rings is 1. The number of hydrogen-bond acceptors (Lipinski definition) is 13. The zero-order valence-corrected chi connectivity index (χ0v) is 20.2. The van der Waals surface area contributed by atoms with Crippen LogP contribution in [-0.4, -0.2) is 96.0 Å². The van der Waals surface area contributed by atoms with Crippen LogP contribution >= 0.6 is 34.9 Å². The number of carboxylic acids is 1. The molecule has 1 aromatic rings. The number of carbonyl (C=O) groups is 5. The van der Waals surface area contributed by atoms with Gasteiger partial charge in [0.2, 0.25) is 0 Å². The van der Waals surface area contributed by atoms with E-state index in [4.69, 9.17) is 5.73 Å². The number of hydrogen-bond donors (Lipinski definition) is 6. The average Bonchev–Trinajstić information content (AvgIpc) is 3.24. The first kappa shape index (κ1) is 24.8. The number of oxime groups is 1. The molecule has 0 radical (unpaired) electrons. The standard InChI is InChI=1S/C17H18N8O7S3/c1-24-17(21-11(27)12(28)22-24)35-3-5-2-33-14-8(13(29)25(14)9(5)15(30)31)20-10(26)7(23-32)6-4-34-16(18)19-6/h4,8,14,17,32H,2-3H2,1H3,(H2,18,19)(H,20,26)(H,21,27)(H,22,28)(H,30,31)/t8-,14-,17?/m0/s1. The molecule has 3 aliphatic rings. The molecule has 18 heteroatoms. The van der Waals surface area contributed by atoms with Crippen molar-refractivity contribution in [3.05, 3.63) is 22.3 Å². The highest BCUT2D eigenvalue weighted by molar-refractivity contribution is 8.01. The first-order chi connectivity index (χ1) is 16.6. The van der Waals surface area contributed by atoms with E-state index in [0.717, 1.165) is 28.0 Å². The largest absolute Gasteiger partial charge is 0.477 e. The number of rotatable bonds is 7. The van der Waals surface area contributed by atoms with Crippen LogP contribution in [0.2, 0.25) is 0 Å². The minimum Gasteiger partial charge on any atom is -0.477 e. The summed E-state index contributed by atoms with van der Waals surface area (Å²) in [5.41, 5.74) is 7.12. The SMILES string of the molecule is CN1NC(=O)C(=O)NC1SCC1=C(C(=O)O)N2C(=O)[C@H](NC(=O)C(=NO)c3csc(N)n3)[C@@H]2SC1. The number of amides is 4. The predicted molar refractivity (Wildman–Crippen MR) is 125 cm³/mol. The summed E-state index contributed by atoms with van der Waals surface area (Å²) in [5.74, 6) is -4.03. The van der Waals surface area contributed by atoms with E-state index < -0.39 is 52.2 Å². The lowest BCUT2D eigenvalue weighted by Crippen LogP contribution is -2.71. The van der Waals surface area contributed by atoms with E-state index in [1.165, 1.54) is 22.2 Å². The molecule has 35 heavy (non-hydrogen) atoms. The van der Waals surface area contributed by atoms with Gasteiger partial charge < -0.3 is 26.7 Å². The number of nitrogens with one attached hydrogen (secondary N) is 3. The number of aliphatic carboxylic acids is 1. The Balaban J connectivity index is 1.45. The fourth-order valence-electron chi connectivity index (χ4n) is 3.49. The maximum Gasteiger partial charge on any atom is 0.352 e. The Morgan fingerprint density at radius 2 is 2.11 bits per heavy atom. The summed E-state index contributed by atoms with van der Waals surface area (Å²) in [7, 11) is 1.54. The Labute approximate surface area is 209 Å². The number of thioether (sulfide) groups is 2. The van der Waals surface area contributed by atoms with Gasteiger partial charge in [-0.25, -0.2) is 9.78 Å². The van der Waals surface area contributed by atoms with E-state index in [1.54, 1.807) is 7.05 Å². The number of hydrazine groups is 1. The van der Waals surface area contributed by atoms with Crippen molar-refractivity contribution in [2.24, 2.45) is 5.16 Å². The number of nitrogens with two attached hydrogens (primary N) is 1. The molecular weight excluding hydrogens is 524 g/mol. The quantitative estimate of drug-likeness (QED) is 0.0707. The Kier molecular flexibility index (Phi) is 6.88. The van der Waals surface area contributed by atoms with Crippen molar-refractivity contribution < 1.29 is 34.3 Å². The van der Waals surface area contributed by atoms with Crippen LogP contribution in [0.4, 0.5) is 5.13 Å². The van der Waals surface area contributed by atoms with E-state index in [1.807, 2.05) is 0 Å². The summed E-state index contributed by atoms with van der Waals surface area (Å²) >= 11 is 3.45. The van der Waals surface area contributed by atoms with E-state index in [0.29, 0.717) is 5.57 Å². The maximum absolute atomic E-state index is 12.8. The van der Waals surface area contributed by atoms with E-state index in [-0.39, 0.29) is 28.0 Å². The van der Waals surface area contributed by atoms with E-state index >= 15 is 0 Å². The number of carboxylic acid groups (broad SMARTS) is 1. The fraction of sp³-hybridized carbons (Fsp3) is 0.353. The molecule has 2 saturated heterocycles. The highest BCUT2D eigenvalue weighted by atomic mass is 32.2. The van der Waals surface area contributed by atoms with Crippen LogP contribution in [0.1, 0.15) is 5.69 Å². The number of nitrogens with zero attached hydrogens (tertiary/aromatic N) is 4. The third-order valence-corrected chi connectivity index (χ3v) is 8.40. The van der Waals surface area contributed by atoms with Crippen LogP contribution in [0.15, 0.2) is 21.8 Å². The maximum atomic E-state index is 12.8. The lowest BCUT2D eigenvalue weighted by atomic mass is 10.0. The summed E-state index contributed by atoms with van der Waals surface area (Å²) in [6.45, 7) is 0. The molecule has 7 N–H and O–H groups in total. The summed E-state index contributed by atoms with van der Waals surface area (Å²) in [5, 5.41) is 29.2. The van der Waals surface area contributed by atoms with Crippen molar-refractivity contribution in [3.8, 4) is 0 Å². The Hall–Kier alpha value is -3.35. The van der Waals surface area contributed by atoms with Gasteiger partial charge in [0.25, 0.3) is 11.8 Å². The second-order valence-corrected chi connectivity index (χ2v) is 10.4. The van der Waals surface area contributed by atoms with Crippen LogP contribution in [-0.2, 0) is 24.0 Å². The van der Waals surface area contributed by atoms with Crippen LogP contribution < -0.4 is 21.8 Å². The normalized spacial score (nSPS) is 24.9. The van der Waals surface area contributed by atoms with Gasteiger partial charge in [-0.15, -0.1) is 34.9 Å². The van der Waals surface area contributed by atoms with Crippen molar-refractivity contribution in [1.82, 2.24) is 31.0 Å². The molecule has 0 saturated carbocycles. The Morgan fingerprint density at radius 3 is 2.74 bits per heavy atom. The molecule has 0 aromatic carbocycles. The molecular formula is C17H18N8O7S3. The molecule has 3 atom stereocenters.